The minimum absolute atomic E-state index is 0.0551. The predicted octanol–water partition coefficient (Wildman–Crippen LogP) is 6.17. The van der Waals surface area contributed by atoms with Crippen LogP contribution in [0, 0.1) is 11.7 Å². The zero-order valence-corrected chi connectivity index (χ0v) is 19.2. The highest BCUT2D eigenvalue weighted by molar-refractivity contribution is 6.30. The van der Waals surface area contributed by atoms with E-state index in [4.69, 9.17) is 21.3 Å². The molecule has 1 saturated carbocycles. The highest BCUT2D eigenvalue weighted by atomic mass is 35.5. The SMILES string of the molecule is C=C(C)c1c([C@H]2CC[C@H](C(=O)OC)CC2)c2nc3[nH]ncc3cc2n1-c1ccc(F)c(Cl)c1. The number of halogens is 2. The van der Waals surface area contributed by atoms with Gasteiger partial charge in [0.05, 0.1) is 41.0 Å². The van der Waals surface area contributed by atoms with E-state index in [0.717, 1.165) is 64.6 Å². The summed E-state index contributed by atoms with van der Waals surface area (Å²) in [5.74, 6) is -0.485. The number of carbonyl (C=O) groups excluding carboxylic acids is 1. The highest BCUT2D eigenvalue weighted by Crippen LogP contribution is 2.44. The first-order valence-corrected chi connectivity index (χ1v) is 11.3. The standard InChI is InChI=1S/C25H24ClFN4O2/c1-13(2)23-21(14-4-6-15(7-5-14)25(32)33-3)22-20(10-16-12-28-30-24(16)29-22)31(23)17-8-9-19(27)18(26)11-17/h8-12,14-15H,1,4-7H2,2-3H3,(H,28,29,30)/t14-,15-. The van der Waals surface area contributed by atoms with Gasteiger partial charge < -0.3 is 9.30 Å². The number of rotatable bonds is 4. The Kier molecular flexibility index (Phi) is 5.44. The van der Waals surface area contributed by atoms with Gasteiger partial charge in [-0.15, -0.1) is 0 Å². The number of nitrogens with one attached hydrogen (secondary N) is 1. The fourth-order valence-corrected chi connectivity index (χ4v) is 5.25. The van der Waals surface area contributed by atoms with Gasteiger partial charge in [-0.25, -0.2) is 9.37 Å². The second-order valence-corrected chi connectivity index (χ2v) is 9.12. The van der Waals surface area contributed by atoms with Crippen LogP contribution in [0.25, 0.3) is 33.3 Å². The Balaban J connectivity index is 1.74. The summed E-state index contributed by atoms with van der Waals surface area (Å²) in [6.07, 6.45) is 4.93. The lowest BCUT2D eigenvalue weighted by molar-refractivity contribution is -0.146. The fourth-order valence-electron chi connectivity index (χ4n) is 5.07. The Labute approximate surface area is 195 Å². The number of pyridine rings is 1. The number of esters is 1. The van der Waals surface area contributed by atoms with Gasteiger partial charge >= 0.3 is 5.97 Å². The number of fused-ring (bicyclic) bond motifs is 2. The van der Waals surface area contributed by atoms with Crippen LogP contribution >= 0.6 is 11.6 Å². The summed E-state index contributed by atoms with van der Waals surface area (Å²) in [4.78, 5) is 17.0. The fraction of sp³-hybridized carbons (Fsp3) is 0.320. The predicted molar refractivity (Wildman–Crippen MR) is 127 cm³/mol. The van der Waals surface area contributed by atoms with Crippen LogP contribution in [-0.2, 0) is 9.53 Å². The van der Waals surface area contributed by atoms with Crippen LogP contribution in [0.4, 0.5) is 4.39 Å². The Morgan fingerprint density at radius 1 is 1.27 bits per heavy atom. The number of hydrogen-bond donors (Lipinski definition) is 1. The van der Waals surface area contributed by atoms with Crippen LogP contribution < -0.4 is 0 Å². The third-order valence-electron chi connectivity index (χ3n) is 6.62. The average molecular weight is 467 g/mol. The van der Waals surface area contributed by atoms with E-state index < -0.39 is 5.82 Å². The number of aromatic amines is 1. The molecule has 0 atom stereocenters. The van der Waals surface area contributed by atoms with Crippen molar-refractivity contribution in [3.05, 3.63) is 59.1 Å². The molecule has 8 heteroatoms. The van der Waals surface area contributed by atoms with E-state index in [1.54, 1.807) is 18.3 Å². The molecule has 1 N–H and O–H groups in total. The van der Waals surface area contributed by atoms with Crippen molar-refractivity contribution in [3.63, 3.8) is 0 Å². The Hall–Kier alpha value is -3.19. The summed E-state index contributed by atoms with van der Waals surface area (Å²) < 4.78 is 21.0. The molecular weight excluding hydrogens is 443 g/mol. The molecule has 33 heavy (non-hydrogen) atoms. The van der Waals surface area contributed by atoms with Gasteiger partial charge in [-0.2, -0.15) is 5.10 Å². The first-order chi connectivity index (χ1) is 15.9. The van der Waals surface area contributed by atoms with Gasteiger partial charge in [0, 0.05) is 16.6 Å². The number of hydrogen-bond acceptors (Lipinski definition) is 4. The summed E-state index contributed by atoms with van der Waals surface area (Å²) in [6, 6.07) is 6.75. The molecule has 1 fully saturated rings. The van der Waals surface area contributed by atoms with Gasteiger partial charge in [-0.05, 0) is 68.4 Å². The molecule has 0 aliphatic heterocycles. The van der Waals surface area contributed by atoms with E-state index in [-0.39, 0.29) is 22.8 Å². The monoisotopic (exact) mass is 466 g/mol. The van der Waals surface area contributed by atoms with E-state index in [2.05, 4.69) is 21.3 Å². The topological polar surface area (TPSA) is 72.8 Å². The number of methoxy groups -OCH3 is 1. The first kappa shape index (κ1) is 21.6. The molecule has 1 aromatic carbocycles. The largest absolute Gasteiger partial charge is 0.469 e. The average Bonchev–Trinajstić information content (AvgIpc) is 3.40. The number of H-pyrrole nitrogens is 1. The van der Waals surface area contributed by atoms with Gasteiger partial charge in [0.1, 0.15) is 5.82 Å². The maximum absolute atomic E-state index is 14.0. The normalized spacial score (nSPS) is 18.7. The van der Waals surface area contributed by atoms with E-state index in [0.29, 0.717) is 5.65 Å². The molecule has 0 saturated heterocycles. The second kappa shape index (κ2) is 8.30. The number of nitrogens with zero attached hydrogens (tertiary/aromatic N) is 3. The first-order valence-electron chi connectivity index (χ1n) is 11.0. The van der Waals surface area contributed by atoms with Crippen molar-refractivity contribution in [2.24, 2.45) is 5.92 Å². The van der Waals surface area contributed by atoms with Crippen molar-refractivity contribution in [3.8, 4) is 5.69 Å². The van der Waals surface area contributed by atoms with Crippen molar-refractivity contribution in [1.82, 2.24) is 19.7 Å². The molecule has 3 aromatic heterocycles. The maximum Gasteiger partial charge on any atom is 0.308 e. The molecule has 5 rings (SSSR count). The molecule has 170 valence electrons. The van der Waals surface area contributed by atoms with Crippen molar-refractivity contribution in [2.75, 3.05) is 7.11 Å². The van der Waals surface area contributed by atoms with Crippen molar-refractivity contribution >= 4 is 45.2 Å². The number of ether oxygens (including phenoxy) is 1. The molecule has 0 bridgehead atoms. The van der Waals surface area contributed by atoms with E-state index in [1.165, 1.54) is 13.2 Å². The summed E-state index contributed by atoms with van der Waals surface area (Å²) in [5, 5.41) is 8.03. The molecule has 1 aliphatic rings. The highest BCUT2D eigenvalue weighted by Gasteiger charge is 2.33. The van der Waals surface area contributed by atoms with Gasteiger partial charge in [-0.1, -0.05) is 18.2 Å². The van der Waals surface area contributed by atoms with E-state index >= 15 is 0 Å². The molecule has 1 aliphatic carbocycles. The minimum atomic E-state index is -0.467. The number of allylic oxidation sites excluding steroid dienone is 1. The summed E-state index contributed by atoms with van der Waals surface area (Å²) >= 11 is 6.15. The van der Waals surface area contributed by atoms with E-state index in [9.17, 15) is 9.18 Å². The molecule has 4 aromatic rings. The Morgan fingerprint density at radius 3 is 2.70 bits per heavy atom. The summed E-state index contributed by atoms with van der Waals surface area (Å²) in [6.45, 7) is 6.23. The van der Waals surface area contributed by atoms with Crippen LogP contribution in [0.2, 0.25) is 5.02 Å². The zero-order chi connectivity index (χ0) is 23.3. The Morgan fingerprint density at radius 2 is 2.03 bits per heavy atom. The minimum Gasteiger partial charge on any atom is -0.469 e. The van der Waals surface area contributed by atoms with Crippen molar-refractivity contribution in [1.29, 1.82) is 0 Å². The Bertz CT molecular complexity index is 1400. The van der Waals surface area contributed by atoms with Crippen molar-refractivity contribution < 1.29 is 13.9 Å². The van der Waals surface area contributed by atoms with Crippen LogP contribution in [0.3, 0.4) is 0 Å². The van der Waals surface area contributed by atoms with Crippen LogP contribution in [0.15, 0.2) is 37.0 Å². The number of benzene rings is 1. The van der Waals surface area contributed by atoms with Gasteiger partial charge in [0.15, 0.2) is 5.65 Å². The molecule has 3 heterocycles. The van der Waals surface area contributed by atoms with Crippen LogP contribution in [0.1, 0.15) is 49.8 Å². The lowest BCUT2D eigenvalue weighted by Gasteiger charge is -2.27. The number of carbonyl (C=O) groups is 1. The van der Waals surface area contributed by atoms with Gasteiger partial charge in [-0.3, -0.25) is 9.89 Å². The zero-order valence-electron chi connectivity index (χ0n) is 18.5. The second-order valence-electron chi connectivity index (χ2n) is 8.71. The quantitative estimate of drug-likeness (QED) is 0.365. The lowest BCUT2D eigenvalue weighted by atomic mass is 9.78. The third kappa shape index (κ3) is 3.60. The molecule has 0 amide bonds. The molecule has 6 nitrogen and oxygen atoms in total. The van der Waals surface area contributed by atoms with Crippen molar-refractivity contribution in [2.45, 2.75) is 38.5 Å². The lowest BCUT2D eigenvalue weighted by Crippen LogP contribution is -2.22. The van der Waals surface area contributed by atoms with Gasteiger partial charge in [0.2, 0.25) is 0 Å². The smallest absolute Gasteiger partial charge is 0.308 e. The van der Waals surface area contributed by atoms with Gasteiger partial charge in [0.25, 0.3) is 0 Å². The molecule has 0 unspecified atom stereocenters. The number of aromatic nitrogens is 4. The molecule has 0 spiro atoms. The van der Waals surface area contributed by atoms with E-state index in [1.807, 2.05) is 13.0 Å². The third-order valence-corrected chi connectivity index (χ3v) is 6.91. The van der Waals surface area contributed by atoms with Crippen LogP contribution in [0.5, 0.6) is 0 Å². The summed E-state index contributed by atoms with van der Waals surface area (Å²) in [5.41, 5.74) is 6.10. The maximum atomic E-state index is 14.0. The summed E-state index contributed by atoms with van der Waals surface area (Å²) in [7, 11) is 1.44. The molecule has 0 radical (unpaired) electrons. The molecular formula is C25H24ClFN4O2. The van der Waals surface area contributed by atoms with Crippen LogP contribution in [-0.4, -0.2) is 32.8 Å².